The molecule has 0 spiro atoms. The molecule has 0 bridgehead atoms. The van der Waals surface area contributed by atoms with Gasteiger partial charge < -0.3 is 20.9 Å². The van der Waals surface area contributed by atoms with Crippen LogP contribution in [0.3, 0.4) is 0 Å². The van der Waals surface area contributed by atoms with E-state index in [-0.39, 0.29) is 12.1 Å². The second-order valence-corrected chi connectivity index (χ2v) is 5.56. The Balaban J connectivity index is 2.22. The third-order valence-electron chi connectivity index (χ3n) is 3.89. The first-order chi connectivity index (χ1) is 9.08. The quantitative estimate of drug-likeness (QED) is 0.776. The topological polar surface area (TPSA) is 80.4 Å². The Morgan fingerprint density at radius 3 is 3.00 bits per heavy atom. The van der Waals surface area contributed by atoms with Crippen molar-refractivity contribution in [3.63, 3.8) is 0 Å². The lowest BCUT2D eigenvalue weighted by Gasteiger charge is -2.40. The van der Waals surface area contributed by atoms with Crippen LogP contribution in [-0.4, -0.2) is 29.3 Å². The highest BCUT2D eigenvalue weighted by atomic mass is 16.5. The molecule has 2 unspecified atom stereocenters. The number of hydrogen-bond donors (Lipinski definition) is 3. The Hall–Kier alpha value is -1.49. The van der Waals surface area contributed by atoms with Crippen LogP contribution in [0.1, 0.15) is 32.6 Å². The number of nitrogen functional groups attached to an aromatic ring is 1. The smallest absolute Gasteiger partial charge is 0.215 e. The molecule has 19 heavy (non-hydrogen) atoms. The molecule has 0 saturated heterocycles. The number of pyridine rings is 1. The van der Waals surface area contributed by atoms with E-state index < -0.39 is 0 Å². The largest absolute Gasteiger partial charge is 0.481 e. The second-order valence-electron chi connectivity index (χ2n) is 5.56. The second kappa shape index (κ2) is 5.65. The molecule has 0 radical (unpaired) electrons. The fourth-order valence-corrected chi connectivity index (χ4v) is 2.87. The van der Waals surface area contributed by atoms with Crippen molar-refractivity contribution in [2.24, 2.45) is 5.92 Å². The van der Waals surface area contributed by atoms with Crippen LogP contribution in [0.4, 0.5) is 11.5 Å². The number of aromatic nitrogens is 1. The van der Waals surface area contributed by atoms with Gasteiger partial charge in [-0.15, -0.1) is 0 Å². The molecular formula is C14H23N3O2. The Morgan fingerprint density at radius 2 is 2.37 bits per heavy atom. The Kier molecular flexibility index (Phi) is 4.14. The van der Waals surface area contributed by atoms with E-state index in [4.69, 9.17) is 10.5 Å². The molecule has 1 aliphatic rings. The van der Waals surface area contributed by atoms with Gasteiger partial charge in [-0.2, -0.15) is 4.98 Å². The first-order valence-electron chi connectivity index (χ1n) is 6.78. The zero-order valence-electron chi connectivity index (χ0n) is 11.6. The lowest BCUT2D eigenvalue weighted by molar-refractivity contribution is 0.149. The summed E-state index contributed by atoms with van der Waals surface area (Å²) in [6.07, 6.45) is 4.19. The van der Waals surface area contributed by atoms with Gasteiger partial charge in [0.25, 0.3) is 0 Å². The number of rotatable bonds is 4. The van der Waals surface area contributed by atoms with E-state index in [9.17, 15) is 5.11 Å². The average molecular weight is 265 g/mol. The summed E-state index contributed by atoms with van der Waals surface area (Å²) in [4.78, 5) is 4.33. The SMILES string of the molecule is COc1ccc(N)c(NC2(CO)CCCC(C)C2)n1. The minimum atomic E-state index is -0.314. The summed E-state index contributed by atoms with van der Waals surface area (Å²) in [6, 6.07) is 3.50. The molecule has 4 N–H and O–H groups in total. The highest BCUT2D eigenvalue weighted by molar-refractivity contribution is 5.63. The normalized spacial score (nSPS) is 27.0. The van der Waals surface area contributed by atoms with Gasteiger partial charge in [-0.25, -0.2) is 0 Å². The van der Waals surface area contributed by atoms with Gasteiger partial charge in [0.15, 0.2) is 5.82 Å². The van der Waals surface area contributed by atoms with Crippen LogP contribution in [0, 0.1) is 5.92 Å². The van der Waals surface area contributed by atoms with Gasteiger partial charge in [-0.1, -0.05) is 19.8 Å². The number of methoxy groups -OCH3 is 1. The predicted molar refractivity (Wildman–Crippen MR) is 76.3 cm³/mol. The fourth-order valence-electron chi connectivity index (χ4n) is 2.87. The predicted octanol–water partition coefficient (Wildman–Crippen LogP) is 2.03. The molecule has 2 rings (SSSR count). The van der Waals surface area contributed by atoms with E-state index in [0.29, 0.717) is 23.3 Å². The van der Waals surface area contributed by atoms with Crippen molar-refractivity contribution in [3.05, 3.63) is 12.1 Å². The number of aliphatic hydroxyl groups is 1. The zero-order chi connectivity index (χ0) is 13.9. The zero-order valence-corrected chi connectivity index (χ0v) is 11.6. The van der Waals surface area contributed by atoms with Crippen LogP contribution < -0.4 is 15.8 Å². The third-order valence-corrected chi connectivity index (χ3v) is 3.89. The number of ether oxygens (including phenoxy) is 1. The van der Waals surface area contributed by atoms with E-state index in [0.717, 1.165) is 19.3 Å². The monoisotopic (exact) mass is 265 g/mol. The molecule has 1 aromatic rings. The molecule has 2 atom stereocenters. The van der Waals surface area contributed by atoms with Crippen molar-refractivity contribution < 1.29 is 9.84 Å². The number of aliphatic hydroxyl groups excluding tert-OH is 1. The fraction of sp³-hybridized carbons (Fsp3) is 0.643. The van der Waals surface area contributed by atoms with E-state index in [1.165, 1.54) is 6.42 Å². The summed E-state index contributed by atoms with van der Waals surface area (Å²) in [6.45, 7) is 2.31. The van der Waals surface area contributed by atoms with E-state index in [1.54, 1.807) is 19.2 Å². The molecule has 106 valence electrons. The lowest BCUT2D eigenvalue weighted by Crippen LogP contribution is -2.46. The van der Waals surface area contributed by atoms with Crippen LogP contribution in [0.15, 0.2) is 12.1 Å². The first-order valence-corrected chi connectivity index (χ1v) is 6.78. The molecule has 5 heteroatoms. The van der Waals surface area contributed by atoms with E-state index in [2.05, 4.69) is 17.2 Å². The van der Waals surface area contributed by atoms with Gasteiger partial charge in [-0.3, -0.25) is 0 Å². The van der Waals surface area contributed by atoms with Crippen LogP contribution in [0.5, 0.6) is 5.88 Å². The van der Waals surface area contributed by atoms with Crippen molar-refractivity contribution in [1.82, 2.24) is 4.98 Å². The van der Waals surface area contributed by atoms with Gasteiger partial charge in [0.2, 0.25) is 5.88 Å². The third kappa shape index (κ3) is 3.10. The van der Waals surface area contributed by atoms with Crippen LogP contribution in [0.25, 0.3) is 0 Å². The van der Waals surface area contributed by atoms with Gasteiger partial charge in [0, 0.05) is 6.07 Å². The highest BCUT2D eigenvalue weighted by Crippen LogP contribution is 2.35. The number of nitrogens with one attached hydrogen (secondary N) is 1. The van der Waals surface area contributed by atoms with Gasteiger partial charge in [0.1, 0.15) is 0 Å². The van der Waals surface area contributed by atoms with Crippen LogP contribution in [-0.2, 0) is 0 Å². The minimum Gasteiger partial charge on any atom is -0.481 e. The number of anilines is 2. The summed E-state index contributed by atoms with van der Waals surface area (Å²) in [5, 5.41) is 13.1. The van der Waals surface area contributed by atoms with Crippen molar-refractivity contribution in [2.45, 2.75) is 38.1 Å². The van der Waals surface area contributed by atoms with Crippen molar-refractivity contribution in [3.8, 4) is 5.88 Å². The van der Waals surface area contributed by atoms with Crippen molar-refractivity contribution in [1.29, 1.82) is 0 Å². The molecule has 1 saturated carbocycles. The maximum Gasteiger partial charge on any atom is 0.215 e. The average Bonchev–Trinajstić information content (AvgIpc) is 2.41. The first kappa shape index (κ1) is 13.9. The maximum absolute atomic E-state index is 9.78. The van der Waals surface area contributed by atoms with Gasteiger partial charge >= 0.3 is 0 Å². The molecule has 0 aliphatic heterocycles. The number of hydrogen-bond acceptors (Lipinski definition) is 5. The molecule has 1 fully saturated rings. The van der Waals surface area contributed by atoms with Gasteiger partial charge in [-0.05, 0) is 24.8 Å². The Labute approximate surface area is 114 Å². The van der Waals surface area contributed by atoms with Crippen molar-refractivity contribution in [2.75, 3.05) is 24.8 Å². The highest BCUT2D eigenvalue weighted by Gasteiger charge is 2.35. The minimum absolute atomic E-state index is 0.0929. The molecule has 1 aromatic heterocycles. The molecule has 5 nitrogen and oxygen atoms in total. The molecule has 1 heterocycles. The Bertz CT molecular complexity index is 439. The van der Waals surface area contributed by atoms with Crippen LogP contribution >= 0.6 is 0 Å². The van der Waals surface area contributed by atoms with Crippen LogP contribution in [0.2, 0.25) is 0 Å². The summed E-state index contributed by atoms with van der Waals surface area (Å²) in [5.41, 5.74) is 6.21. The van der Waals surface area contributed by atoms with E-state index in [1.807, 2.05) is 0 Å². The number of nitrogens with two attached hydrogens (primary N) is 1. The lowest BCUT2D eigenvalue weighted by atomic mass is 9.77. The number of nitrogens with zero attached hydrogens (tertiary/aromatic N) is 1. The summed E-state index contributed by atoms with van der Waals surface area (Å²) in [5.74, 6) is 1.72. The summed E-state index contributed by atoms with van der Waals surface area (Å²) >= 11 is 0. The maximum atomic E-state index is 9.78. The molecule has 0 aromatic carbocycles. The Morgan fingerprint density at radius 1 is 1.58 bits per heavy atom. The summed E-state index contributed by atoms with van der Waals surface area (Å²) in [7, 11) is 1.58. The summed E-state index contributed by atoms with van der Waals surface area (Å²) < 4.78 is 5.12. The molecule has 1 aliphatic carbocycles. The van der Waals surface area contributed by atoms with Gasteiger partial charge in [0.05, 0.1) is 24.9 Å². The standard InChI is InChI=1S/C14H23N3O2/c1-10-4-3-7-14(8-10,9-18)17-13-11(15)5-6-12(16-13)19-2/h5-6,10,18H,3-4,7-9,15H2,1-2H3,(H,16,17). The molecule has 0 amide bonds. The van der Waals surface area contributed by atoms with E-state index >= 15 is 0 Å². The van der Waals surface area contributed by atoms with Crippen molar-refractivity contribution >= 4 is 11.5 Å². The molecular weight excluding hydrogens is 242 g/mol.